The smallest absolute Gasteiger partial charge is 0.252 e. The standard InChI is InChI=1S/C13H17BrFN3O2/c1-7(2)18-12(19)3-4-17-13(20)8-5-11(16)10(15)6-9(8)14/h5-7H,3-4,16H2,1-2H3,(H,17,20)(H,18,19). The van der Waals surface area contributed by atoms with E-state index in [1.54, 1.807) is 0 Å². The predicted octanol–water partition coefficient (Wildman–Crippen LogP) is 1.81. The summed E-state index contributed by atoms with van der Waals surface area (Å²) >= 11 is 3.10. The molecule has 1 aromatic carbocycles. The van der Waals surface area contributed by atoms with E-state index in [4.69, 9.17) is 5.73 Å². The summed E-state index contributed by atoms with van der Waals surface area (Å²) < 4.78 is 13.5. The summed E-state index contributed by atoms with van der Waals surface area (Å²) in [6, 6.07) is 2.45. The molecule has 0 bridgehead atoms. The van der Waals surface area contributed by atoms with Gasteiger partial charge in [-0.25, -0.2) is 4.39 Å². The molecule has 4 N–H and O–H groups in total. The summed E-state index contributed by atoms with van der Waals surface area (Å²) in [6.45, 7) is 3.91. The lowest BCUT2D eigenvalue weighted by molar-refractivity contribution is -0.121. The van der Waals surface area contributed by atoms with Crippen molar-refractivity contribution in [2.24, 2.45) is 0 Å². The van der Waals surface area contributed by atoms with Gasteiger partial charge in [-0.3, -0.25) is 9.59 Å². The highest BCUT2D eigenvalue weighted by Crippen LogP contribution is 2.22. The van der Waals surface area contributed by atoms with Crippen molar-refractivity contribution < 1.29 is 14.0 Å². The van der Waals surface area contributed by atoms with Crippen LogP contribution in [0.4, 0.5) is 10.1 Å². The lowest BCUT2D eigenvalue weighted by Gasteiger charge is -2.10. The van der Waals surface area contributed by atoms with Crippen molar-refractivity contribution in [2.45, 2.75) is 26.3 Å². The summed E-state index contributed by atoms with van der Waals surface area (Å²) in [7, 11) is 0. The third-order valence-corrected chi connectivity index (χ3v) is 3.07. The number of nitrogens with one attached hydrogen (secondary N) is 2. The van der Waals surface area contributed by atoms with Gasteiger partial charge >= 0.3 is 0 Å². The highest BCUT2D eigenvalue weighted by Gasteiger charge is 2.13. The summed E-state index contributed by atoms with van der Waals surface area (Å²) in [5, 5.41) is 5.30. The van der Waals surface area contributed by atoms with Crippen molar-refractivity contribution in [1.29, 1.82) is 0 Å². The van der Waals surface area contributed by atoms with Gasteiger partial charge in [0.15, 0.2) is 0 Å². The van der Waals surface area contributed by atoms with Gasteiger partial charge in [0, 0.05) is 23.5 Å². The Balaban J connectivity index is 2.56. The van der Waals surface area contributed by atoms with E-state index in [1.165, 1.54) is 6.07 Å². The molecule has 0 aliphatic heterocycles. The SMILES string of the molecule is CC(C)NC(=O)CCNC(=O)c1cc(N)c(F)cc1Br. The van der Waals surface area contributed by atoms with Crippen molar-refractivity contribution in [3.05, 3.63) is 28.0 Å². The van der Waals surface area contributed by atoms with Crippen LogP contribution in [0.3, 0.4) is 0 Å². The molecule has 7 heteroatoms. The second kappa shape index (κ2) is 7.23. The number of hydrogen-bond acceptors (Lipinski definition) is 3. The summed E-state index contributed by atoms with van der Waals surface area (Å²) in [6.07, 6.45) is 0.179. The number of halogens is 2. The molecule has 0 saturated heterocycles. The van der Waals surface area contributed by atoms with Crippen LogP contribution in [-0.2, 0) is 4.79 Å². The third-order valence-electron chi connectivity index (χ3n) is 2.42. The maximum absolute atomic E-state index is 13.2. The molecule has 0 aromatic heterocycles. The average Bonchev–Trinajstić information content (AvgIpc) is 2.32. The molecule has 0 unspecified atom stereocenters. The van der Waals surface area contributed by atoms with E-state index >= 15 is 0 Å². The van der Waals surface area contributed by atoms with E-state index in [0.717, 1.165) is 6.07 Å². The van der Waals surface area contributed by atoms with E-state index in [-0.39, 0.29) is 36.2 Å². The Kier molecular flexibility index (Phi) is 5.94. The first kappa shape index (κ1) is 16.4. The van der Waals surface area contributed by atoms with Crippen LogP contribution in [0.25, 0.3) is 0 Å². The van der Waals surface area contributed by atoms with Crippen molar-refractivity contribution in [2.75, 3.05) is 12.3 Å². The third kappa shape index (κ3) is 4.80. The maximum atomic E-state index is 13.2. The number of amides is 2. The summed E-state index contributed by atoms with van der Waals surface area (Å²) in [5.74, 6) is -1.15. The molecule has 5 nitrogen and oxygen atoms in total. The average molecular weight is 346 g/mol. The van der Waals surface area contributed by atoms with Crippen LogP contribution in [0.1, 0.15) is 30.6 Å². The molecular weight excluding hydrogens is 329 g/mol. The zero-order valence-electron chi connectivity index (χ0n) is 11.3. The zero-order valence-corrected chi connectivity index (χ0v) is 12.9. The van der Waals surface area contributed by atoms with Crippen molar-refractivity contribution in [1.82, 2.24) is 10.6 Å². The number of carbonyl (C=O) groups is 2. The first-order valence-electron chi connectivity index (χ1n) is 6.13. The highest BCUT2D eigenvalue weighted by molar-refractivity contribution is 9.10. The monoisotopic (exact) mass is 345 g/mol. The molecule has 0 heterocycles. The molecule has 2 amide bonds. The molecule has 20 heavy (non-hydrogen) atoms. The summed E-state index contributed by atoms with van der Waals surface area (Å²) in [4.78, 5) is 23.3. The van der Waals surface area contributed by atoms with Gasteiger partial charge in [0.1, 0.15) is 5.82 Å². The molecule has 0 aliphatic carbocycles. The van der Waals surface area contributed by atoms with Crippen molar-refractivity contribution in [3.63, 3.8) is 0 Å². The number of nitrogen functional groups attached to an aromatic ring is 1. The van der Waals surface area contributed by atoms with Gasteiger partial charge in [0.25, 0.3) is 5.91 Å². The Morgan fingerprint density at radius 3 is 2.65 bits per heavy atom. The molecule has 110 valence electrons. The van der Waals surface area contributed by atoms with E-state index in [0.29, 0.717) is 4.47 Å². The number of benzene rings is 1. The molecule has 0 fully saturated rings. The second-order valence-corrected chi connectivity index (χ2v) is 5.44. The van der Waals surface area contributed by atoms with Crippen LogP contribution in [0.5, 0.6) is 0 Å². The number of rotatable bonds is 5. The van der Waals surface area contributed by atoms with Gasteiger partial charge in [-0.1, -0.05) is 0 Å². The Morgan fingerprint density at radius 1 is 1.40 bits per heavy atom. The van der Waals surface area contributed by atoms with Crippen molar-refractivity contribution in [3.8, 4) is 0 Å². The first-order valence-corrected chi connectivity index (χ1v) is 6.92. The maximum Gasteiger partial charge on any atom is 0.252 e. The quantitative estimate of drug-likeness (QED) is 0.711. The van der Waals surface area contributed by atoms with E-state index < -0.39 is 11.7 Å². The normalized spacial score (nSPS) is 10.4. The van der Waals surface area contributed by atoms with E-state index in [2.05, 4.69) is 26.6 Å². The van der Waals surface area contributed by atoms with Crippen molar-refractivity contribution >= 4 is 33.4 Å². The lowest BCUT2D eigenvalue weighted by Crippen LogP contribution is -2.34. The Morgan fingerprint density at radius 2 is 2.05 bits per heavy atom. The highest BCUT2D eigenvalue weighted by atomic mass is 79.9. The van der Waals surface area contributed by atoms with Gasteiger partial charge < -0.3 is 16.4 Å². The predicted molar refractivity (Wildman–Crippen MR) is 78.7 cm³/mol. The number of nitrogens with two attached hydrogens (primary N) is 1. The minimum Gasteiger partial charge on any atom is -0.396 e. The van der Waals surface area contributed by atoms with E-state index in [1.807, 2.05) is 13.8 Å². The fraction of sp³-hybridized carbons (Fsp3) is 0.385. The lowest BCUT2D eigenvalue weighted by atomic mass is 10.2. The number of hydrogen-bond donors (Lipinski definition) is 3. The Labute approximate surface area is 125 Å². The van der Waals surface area contributed by atoms with Gasteiger partial charge in [0.05, 0.1) is 11.3 Å². The molecule has 0 radical (unpaired) electrons. The van der Waals surface area contributed by atoms with Gasteiger partial charge in [-0.15, -0.1) is 0 Å². The van der Waals surface area contributed by atoms with Crippen LogP contribution in [-0.4, -0.2) is 24.4 Å². The molecule has 1 aromatic rings. The first-order chi connectivity index (χ1) is 9.31. The van der Waals surface area contributed by atoms with Crippen LogP contribution < -0.4 is 16.4 Å². The van der Waals surface area contributed by atoms with Crippen LogP contribution in [0.2, 0.25) is 0 Å². The van der Waals surface area contributed by atoms with Gasteiger partial charge in [0.2, 0.25) is 5.91 Å². The largest absolute Gasteiger partial charge is 0.396 e. The van der Waals surface area contributed by atoms with Crippen LogP contribution in [0.15, 0.2) is 16.6 Å². The minimum absolute atomic E-state index is 0.0595. The minimum atomic E-state index is -0.593. The molecule has 0 aliphatic rings. The van der Waals surface area contributed by atoms with Gasteiger partial charge in [-0.2, -0.15) is 0 Å². The topological polar surface area (TPSA) is 84.2 Å². The number of anilines is 1. The fourth-order valence-corrected chi connectivity index (χ4v) is 2.01. The zero-order chi connectivity index (χ0) is 15.3. The molecule has 0 spiro atoms. The van der Waals surface area contributed by atoms with Crippen LogP contribution >= 0.6 is 15.9 Å². The Hall–Kier alpha value is -1.63. The van der Waals surface area contributed by atoms with Gasteiger partial charge in [-0.05, 0) is 41.9 Å². The fourth-order valence-electron chi connectivity index (χ4n) is 1.52. The number of carbonyl (C=O) groups excluding carboxylic acids is 2. The Bertz CT molecular complexity index is 521. The second-order valence-electron chi connectivity index (χ2n) is 4.58. The molecule has 0 atom stereocenters. The molecule has 1 rings (SSSR count). The summed E-state index contributed by atoms with van der Waals surface area (Å²) in [5.41, 5.74) is 5.55. The van der Waals surface area contributed by atoms with Crippen LogP contribution in [0, 0.1) is 5.82 Å². The molecular formula is C13H17BrFN3O2. The molecule has 0 saturated carbocycles. The van der Waals surface area contributed by atoms with E-state index in [9.17, 15) is 14.0 Å².